The summed E-state index contributed by atoms with van der Waals surface area (Å²) in [6.45, 7) is -0.529. The largest absolute Gasteiger partial charge is 0.465 e. The number of carbonyl (C=O) groups is 1. The number of aliphatic hydroxyl groups is 4. The molecule has 1 aliphatic heterocycles. The molecule has 0 aromatic heterocycles. The van der Waals surface area contributed by atoms with Gasteiger partial charge in [0.25, 0.3) is 0 Å². The molecule has 1 aliphatic rings. The number of para-hydroxylation sites is 1. The van der Waals surface area contributed by atoms with E-state index in [-0.39, 0.29) is 0 Å². The average molecular weight is 404 g/mol. The molecule has 0 aliphatic carbocycles. The summed E-state index contributed by atoms with van der Waals surface area (Å²) in [6, 6.07) is 14.1. The Morgan fingerprint density at radius 2 is 1.69 bits per heavy atom. The second kappa shape index (κ2) is 9.34. The number of hydrogen-bond acceptors (Lipinski definition) is 8. The summed E-state index contributed by atoms with van der Waals surface area (Å²) in [5.74, 6) is 0.0109. The summed E-state index contributed by atoms with van der Waals surface area (Å²) < 4.78 is 15.9. The fraction of sp³-hybridized carbons (Fsp3) is 0.381. The van der Waals surface area contributed by atoms with E-state index in [1.54, 1.807) is 36.4 Å². The third kappa shape index (κ3) is 4.75. The van der Waals surface area contributed by atoms with E-state index in [2.05, 4.69) is 4.74 Å². The van der Waals surface area contributed by atoms with E-state index in [1.165, 1.54) is 7.11 Å². The molecule has 0 spiro atoms. The zero-order valence-electron chi connectivity index (χ0n) is 15.8. The van der Waals surface area contributed by atoms with E-state index in [1.807, 2.05) is 12.1 Å². The van der Waals surface area contributed by atoms with Crippen molar-refractivity contribution < 1.29 is 39.4 Å². The van der Waals surface area contributed by atoms with Gasteiger partial charge < -0.3 is 34.6 Å². The van der Waals surface area contributed by atoms with Crippen LogP contribution in [0.1, 0.15) is 21.5 Å². The smallest absolute Gasteiger partial charge is 0.337 e. The Morgan fingerprint density at radius 1 is 1.00 bits per heavy atom. The molecule has 29 heavy (non-hydrogen) atoms. The lowest BCUT2D eigenvalue weighted by Gasteiger charge is -2.39. The summed E-state index contributed by atoms with van der Waals surface area (Å²) in [5, 5.41) is 39.3. The molecular weight excluding hydrogens is 380 g/mol. The van der Waals surface area contributed by atoms with Gasteiger partial charge in [-0.15, -0.1) is 0 Å². The quantitative estimate of drug-likeness (QED) is 0.505. The zero-order chi connectivity index (χ0) is 21.0. The highest BCUT2D eigenvalue weighted by atomic mass is 16.7. The number of benzene rings is 2. The normalized spacial score (nSPS) is 26.7. The van der Waals surface area contributed by atoms with Crippen molar-refractivity contribution in [1.29, 1.82) is 0 Å². The van der Waals surface area contributed by atoms with E-state index >= 15 is 0 Å². The van der Waals surface area contributed by atoms with Gasteiger partial charge in [0.05, 0.1) is 19.3 Å². The van der Waals surface area contributed by atoms with Crippen LogP contribution in [0.5, 0.6) is 5.75 Å². The predicted molar refractivity (Wildman–Crippen MR) is 101 cm³/mol. The minimum atomic E-state index is -1.51. The second-order valence-corrected chi connectivity index (χ2v) is 6.79. The van der Waals surface area contributed by atoms with Crippen LogP contribution in [0.25, 0.3) is 0 Å². The first kappa shape index (κ1) is 21.2. The van der Waals surface area contributed by atoms with E-state index in [0.29, 0.717) is 17.7 Å². The second-order valence-electron chi connectivity index (χ2n) is 6.79. The molecule has 0 radical (unpaired) electrons. The van der Waals surface area contributed by atoms with Gasteiger partial charge >= 0.3 is 5.97 Å². The fourth-order valence-electron chi connectivity index (χ4n) is 3.15. The molecule has 0 saturated carbocycles. The maximum atomic E-state index is 11.6. The van der Waals surface area contributed by atoms with Crippen molar-refractivity contribution in [2.45, 2.75) is 37.1 Å². The summed E-state index contributed by atoms with van der Waals surface area (Å²) in [5.41, 5.74) is 2.15. The van der Waals surface area contributed by atoms with Crippen LogP contribution in [0.3, 0.4) is 0 Å². The van der Waals surface area contributed by atoms with Crippen molar-refractivity contribution in [1.82, 2.24) is 0 Å². The molecule has 2 aromatic carbocycles. The SMILES string of the molecule is COC(=O)c1ccc(Cc2ccccc2O[C@@H]2O[C@H](CO)[C@@H](O)[C@H](O)[C@H]2O)cc1. The Kier molecular flexibility index (Phi) is 6.83. The average Bonchev–Trinajstić information content (AvgIpc) is 2.75. The lowest BCUT2D eigenvalue weighted by molar-refractivity contribution is -0.277. The minimum Gasteiger partial charge on any atom is -0.465 e. The van der Waals surface area contributed by atoms with Crippen LogP contribution in [0.4, 0.5) is 0 Å². The highest BCUT2D eigenvalue weighted by Gasteiger charge is 2.44. The number of ether oxygens (including phenoxy) is 3. The van der Waals surface area contributed by atoms with Crippen molar-refractivity contribution >= 4 is 5.97 Å². The van der Waals surface area contributed by atoms with Gasteiger partial charge in [-0.3, -0.25) is 0 Å². The summed E-state index contributed by atoms with van der Waals surface area (Å²) in [7, 11) is 1.32. The van der Waals surface area contributed by atoms with Crippen LogP contribution >= 0.6 is 0 Å². The van der Waals surface area contributed by atoms with Crippen LogP contribution in [0.2, 0.25) is 0 Å². The third-order valence-electron chi connectivity index (χ3n) is 4.83. The van der Waals surface area contributed by atoms with Gasteiger partial charge in [-0.05, 0) is 29.3 Å². The van der Waals surface area contributed by atoms with Gasteiger partial charge in [0.1, 0.15) is 30.2 Å². The summed E-state index contributed by atoms with van der Waals surface area (Å²) in [4.78, 5) is 11.6. The third-order valence-corrected chi connectivity index (χ3v) is 4.83. The lowest BCUT2D eigenvalue weighted by Crippen LogP contribution is -2.60. The molecule has 0 bridgehead atoms. The fourth-order valence-corrected chi connectivity index (χ4v) is 3.15. The van der Waals surface area contributed by atoms with E-state index < -0.39 is 43.3 Å². The van der Waals surface area contributed by atoms with Crippen LogP contribution in [-0.4, -0.2) is 70.8 Å². The van der Waals surface area contributed by atoms with Crippen molar-refractivity contribution in [3.8, 4) is 5.75 Å². The van der Waals surface area contributed by atoms with E-state index in [9.17, 15) is 25.2 Å². The van der Waals surface area contributed by atoms with Crippen molar-refractivity contribution in [2.24, 2.45) is 0 Å². The topological polar surface area (TPSA) is 126 Å². The van der Waals surface area contributed by atoms with Gasteiger partial charge in [-0.1, -0.05) is 30.3 Å². The van der Waals surface area contributed by atoms with Gasteiger partial charge in [-0.2, -0.15) is 0 Å². The maximum Gasteiger partial charge on any atom is 0.337 e. The van der Waals surface area contributed by atoms with Crippen molar-refractivity contribution in [3.05, 3.63) is 65.2 Å². The van der Waals surface area contributed by atoms with Gasteiger partial charge in [0.15, 0.2) is 0 Å². The maximum absolute atomic E-state index is 11.6. The number of hydrogen-bond donors (Lipinski definition) is 4. The number of esters is 1. The number of methoxy groups -OCH3 is 1. The van der Waals surface area contributed by atoms with Crippen molar-refractivity contribution in [2.75, 3.05) is 13.7 Å². The Balaban J connectivity index is 1.76. The van der Waals surface area contributed by atoms with E-state index in [0.717, 1.165) is 11.1 Å². The molecular formula is C21H24O8. The van der Waals surface area contributed by atoms with Crippen LogP contribution in [-0.2, 0) is 15.9 Å². The monoisotopic (exact) mass is 404 g/mol. The Bertz CT molecular complexity index is 820. The highest BCUT2D eigenvalue weighted by Crippen LogP contribution is 2.28. The first-order valence-electron chi connectivity index (χ1n) is 9.17. The highest BCUT2D eigenvalue weighted by molar-refractivity contribution is 5.89. The van der Waals surface area contributed by atoms with Gasteiger partial charge in [-0.25, -0.2) is 4.79 Å². The summed E-state index contributed by atoms with van der Waals surface area (Å²) in [6.07, 6.45) is -6.26. The number of aliphatic hydroxyl groups excluding tert-OH is 4. The Hall–Kier alpha value is -2.49. The zero-order valence-corrected chi connectivity index (χ0v) is 15.8. The first-order valence-corrected chi connectivity index (χ1v) is 9.17. The first-order chi connectivity index (χ1) is 13.9. The molecule has 2 aromatic rings. The molecule has 3 rings (SSSR count). The molecule has 5 atom stereocenters. The molecule has 1 saturated heterocycles. The summed E-state index contributed by atoms with van der Waals surface area (Å²) >= 11 is 0. The molecule has 1 heterocycles. The molecule has 4 N–H and O–H groups in total. The van der Waals surface area contributed by atoms with Crippen molar-refractivity contribution in [3.63, 3.8) is 0 Å². The van der Waals surface area contributed by atoms with Gasteiger partial charge in [0, 0.05) is 6.42 Å². The van der Waals surface area contributed by atoms with Crippen LogP contribution in [0, 0.1) is 0 Å². The molecule has 1 fully saturated rings. The Labute approximate surface area is 167 Å². The molecule has 8 heteroatoms. The number of carbonyl (C=O) groups excluding carboxylic acids is 1. The van der Waals surface area contributed by atoms with Crippen LogP contribution in [0.15, 0.2) is 48.5 Å². The van der Waals surface area contributed by atoms with Crippen LogP contribution < -0.4 is 4.74 Å². The standard InChI is InChI=1S/C21H24O8/c1-27-20(26)13-8-6-12(7-9-13)10-14-4-2-3-5-15(14)28-21-19(25)18(24)17(23)16(11-22)29-21/h2-9,16-19,21-25H,10-11H2,1H3/t16-,17-,18+,19-,21-/m1/s1. The number of rotatable bonds is 6. The van der Waals surface area contributed by atoms with E-state index in [4.69, 9.17) is 9.47 Å². The minimum absolute atomic E-state index is 0.414. The molecule has 156 valence electrons. The Morgan fingerprint density at radius 3 is 2.34 bits per heavy atom. The molecule has 0 amide bonds. The lowest BCUT2D eigenvalue weighted by atomic mass is 9.99. The predicted octanol–water partition coefficient (Wildman–Crippen LogP) is 0.243. The van der Waals surface area contributed by atoms with Gasteiger partial charge in [0.2, 0.25) is 6.29 Å². The molecule has 8 nitrogen and oxygen atoms in total. The molecule has 0 unspecified atom stereocenters.